The van der Waals surface area contributed by atoms with Crippen LogP contribution >= 0.6 is 0 Å². The van der Waals surface area contributed by atoms with Crippen LogP contribution in [0.15, 0.2) is 12.3 Å². The van der Waals surface area contributed by atoms with Crippen LogP contribution in [0.5, 0.6) is 5.88 Å². The number of hydrogen-bond acceptors (Lipinski definition) is 3. The summed E-state index contributed by atoms with van der Waals surface area (Å²) < 4.78 is 19.2. The Morgan fingerprint density at radius 3 is 2.68 bits per heavy atom. The summed E-state index contributed by atoms with van der Waals surface area (Å²) in [6.07, 6.45) is 8.28. The molecule has 19 heavy (non-hydrogen) atoms. The molecule has 0 saturated heterocycles. The van der Waals surface area contributed by atoms with Gasteiger partial charge in [0.05, 0.1) is 6.61 Å². The maximum Gasteiger partial charge on any atom is 0.338 e. The average Bonchev–Trinajstić information content (AvgIpc) is 2.66. The normalized spacial score (nSPS) is 16.9. The number of ether oxygens (including phenoxy) is 1. The van der Waals surface area contributed by atoms with Gasteiger partial charge in [0.15, 0.2) is 5.82 Å². The summed E-state index contributed by atoms with van der Waals surface area (Å²) in [6.45, 7) is 0.410. The third kappa shape index (κ3) is 3.66. The first-order chi connectivity index (χ1) is 9.18. The van der Waals surface area contributed by atoms with Gasteiger partial charge in [-0.1, -0.05) is 25.7 Å². The number of pyridine rings is 1. The van der Waals surface area contributed by atoms with Crippen LogP contribution in [-0.4, -0.2) is 22.7 Å². The van der Waals surface area contributed by atoms with E-state index in [4.69, 9.17) is 9.84 Å². The lowest BCUT2D eigenvalue weighted by Gasteiger charge is -2.15. The molecular formula is C14H18FNO3. The van der Waals surface area contributed by atoms with Crippen LogP contribution in [0.2, 0.25) is 0 Å². The van der Waals surface area contributed by atoms with Gasteiger partial charge in [-0.25, -0.2) is 14.2 Å². The van der Waals surface area contributed by atoms with Gasteiger partial charge in [0, 0.05) is 6.20 Å². The monoisotopic (exact) mass is 267 g/mol. The lowest BCUT2D eigenvalue weighted by Crippen LogP contribution is -2.13. The van der Waals surface area contributed by atoms with Crippen molar-refractivity contribution in [2.45, 2.75) is 38.5 Å². The highest BCUT2D eigenvalue weighted by Gasteiger charge is 2.18. The van der Waals surface area contributed by atoms with Crippen LogP contribution in [0.25, 0.3) is 0 Å². The molecule has 0 spiro atoms. The van der Waals surface area contributed by atoms with Gasteiger partial charge in [0.2, 0.25) is 0 Å². The van der Waals surface area contributed by atoms with E-state index in [1.807, 2.05) is 0 Å². The van der Waals surface area contributed by atoms with E-state index in [1.54, 1.807) is 0 Å². The van der Waals surface area contributed by atoms with Crippen molar-refractivity contribution in [3.05, 3.63) is 23.6 Å². The fourth-order valence-electron chi connectivity index (χ4n) is 2.42. The summed E-state index contributed by atoms with van der Waals surface area (Å²) in [7, 11) is 0. The molecule has 0 unspecified atom stereocenters. The zero-order valence-corrected chi connectivity index (χ0v) is 10.8. The van der Waals surface area contributed by atoms with Crippen molar-refractivity contribution in [3.8, 4) is 5.88 Å². The van der Waals surface area contributed by atoms with Gasteiger partial charge in [-0.15, -0.1) is 0 Å². The lowest BCUT2D eigenvalue weighted by atomic mass is 10.0. The maximum absolute atomic E-state index is 13.8. The summed E-state index contributed by atoms with van der Waals surface area (Å²) in [5.74, 6) is -1.98. The minimum absolute atomic E-state index is 0.204. The predicted octanol–water partition coefficient (Wildman–Crippen LogP) is 3.27. The third-order valence-corrected chi connectivity index (χ3v) is 3.52. The van der Waals surface area contributed by atoms with Crippen LogP contribution in [0, 0.1) is 11.7 Å². The fraction of sp³-hybridized carbons (Fsp3) is 0.571. The van der Waals surface area contributed by atoms with Gasteiger partial charge in [-0.2, -0.15) is 0 Å². The predicted molar refractivity (Wildman–Crippen MR) is 67.8 cm³/mol. The van der Waals surface area contributed by atoms with E-state index in [0.29, 0.717) is 12.5 Å². The Bertz CT molecular complexity index is 442. The second-order valence-electron chi connectivity index (χ2n) is 4.95. The summed E-state index contributed by atoms with van der Waals surface area (Å²) >= 11 is 0. The highest BCUT2D eigenvalue weighted by molar-refractivity contribution is 5.88. The Balaban J connectivity index is 1.99. The maximum atomic E-state index is 13.8. The number of rotatable bonds is 4. The number of nitrogens with zero attached hydrogens (tertiary/aromatic N) is 1. The van der Waals surface area contributed by atoms with Gasteiger partial charge < -0.3 is 9.84 Å². The smallest absolute Gasteiger partial charge is 0.338 e. The second-order valence-corrected chi connectivity index (χ2v) is 4.95. The van der Waals surface area contributed by atoms with Crippen LogP contribution in [0.1, 0.15) is 48.9 Å². The van der Waals surface area contributed by atoms with Gasteiger partial charge in [0.1, 0.15) is 5.56 Å². The molecule has 2 rings (SSSR count). The van der Waals surface area contributed by atoms with E-state index in [-0.39, 0.29) is 5.88 Å². The highest BCUT2D eigenvalue weighted by Crippen LogP contribution is 2.24. The molecule has 5 heteroatoms. The molecule has 0 aromatic carbocycles. The molecule has 1 saturated carbocycles. The van der Waals surface area contributed by atoms with Crippen LogP contribution in [-0.2, 0) is 0 Å². The Morgan fingerprint density at radius 1 is 1.37 bits per heavy atom. The van der Waals surface area contributed by atoms with Crippen molar-refractivity contribution in [1.82, 2.24) is 4.98 Å². The molecule has 0 radical (unpaired) electrons. The number of aromatic carboxylic acids is 1. The molecule has 0 aliphatic heterocycles. The minimum atomic E-state index is -1.31. The lowest BCUT2D eigenvalue weighted by molar-refractivity contribution is 0.0690. The van der Waals surface area contributed by atoms with Crippen molar-refractivity contribution in [3.63, 3.8) is 0 Å². The number of aromatic nitrogens is 1. The Morgan fingerprint density at radius 2 is 2.05 bits per heavy atom. The quantitative estimate of drug-likeness (QED) is 0.850. The average molecular weight is 267 g/mol. The van der Waals surface area contributed by atoms with Crippen LogP contribution in [0.4, 0.5) is 4.39 Å². The highest BCUT2D eigenvalue weighted by atomic mass is 19.1. The number of carbonyl (C=O) groups is 1. The van der Waals surface area contributed by atoms with Gasteiger partial charge in [0.25, 0.3) is 5.88 Å². The number of halogens is 1. The Labute approximate surface area is 111 Å². The number of carboxylic acid groups (broad SMARTS) is 1. The largest absolute Gasteiger partial charge is 0.478 e. The Hall–Kier alpha value is -1.65. The SMILES string of the molecule is O=C(O)c1ccnc(OCC2CCCCCC2)c1F. The van der Waals surface area contributed by atoms with E-state index in [0.717, 1.165) is 18.9 Å². The Kier molecular flexibility index (Phi) is 4.71. The zero-order chi connectivity index (χ0) is 13.7. The molecule has 4 nitrogen and oxygen atoms in total. The van der Waals surface area contributed by atoms with Crippen molar-refractivity contribution in [2.75, 3.05) is 6.61 Å². The molecule has 1 N–H and O–H groups in total. The van der Waals surface area contributed by atoms with Crippen LogP contribution in [0.3, 0.4) is 0 Å². The summed E-state index contributed by atoms with van der Waals surface area (Å²) in [6, 6.07) is 1.14. The second kappa shape index (κ2) is 6.50. The molecule has 0 bridgehead atoms. The molecular weight excluding hydrogens is 249 g/mol. The summed E-state index contributed by atoms with van der Waals surface area (Å²) in [5.41, 5.74) is -0.397. The first kappa shape index (κ1) is 13.8. The standard InChI is InChI=1S/C14H18FNO3/c15-12-11(14(17)18)7-8-16-13(12)19-9-10-5-3-1-2-4-6-10/h7-8,10H,1-6,9H2,(H,17,18). The summed E-state index contributed by atoms with van der Waals surface area (Å²) in [4.78, 5) is 14.6. The van der Waals surface area contributed by atoms with Crippen molar-refractivity contribution in [2.24, 2.45) is 5.92 Å². The molecule has 1 aromatic rings. The number of hydrogen-bond donors (Lipinski definition) is 1. The molecule has 1 aliphatic rings. The van der Waals surface area contributed by atoms with Gasteiger partial charge in [-0.05, 0) is 24.8 Å². The fourth-order valence-corrected chi connectivity index (χ4v) is 2.42. The molecule has 1 heterocycles. The molecule has 1 fully saturated rings. The topological polar surface area (TPSA) is 59.4 Å². The van der Waals surface area contributed by atoms with E-state index in [1.165, 1.54) is 31.9 Å². The molecule has 1 aromatic heterocycles. The molecule has 0 amide bonds. The van der Waals surface area contributed by atoms with Gasteiger partial charge >= 0.3 is 5.97 Å². The molecule has 1 aliphatic carbocycles. The van der Waals surface area contributed by atoms with E-state index in [2.05, 4.69) is 4.98 Å². The van der Waals surface area contributed by atoms with Crippen molar-refractivity contribution < 1.29 is 19.0 Å². The molecule has 0 atom stereocenters. The van der Waals surface area contributed by atoms with E-state index < -0.39 is 17.3 Å². The molecule has 104 valence electrons. The summed E-state index contributed by atoms with van der Waals surface area (Å²) in [5, 5.41) is 8.82. The first-order valence-corrected chi connectivity index (χ1v) is 6.69. The van der Waals surface area contributed by atoms with Crippen molar-refractivity contribution in [1.29, 1.82) is 0 Å². The number of carboxylic acids is 1. The van der Waals surface area contributed by atoms with E-state index in [9.17, 15) is 9.18 Å². The minimum Gasteiger partial charge on any atom is -0.478 e. The zero-order valence-electron chi connectivity index (χ0n) is 10.8. The van der Waals surface area contributed by atoms with Gasteiger partial charge in [-0.3, -0.25) is 0 Å². The first-order valence-electron chi connectivity index (χ1n) is 6.69. The third-order valence-electron chi connectivity index (χ3n) is 3.52. The van der Waals surface area contributed by atoms with E-state index >= 15 is 0 Å². The van der Waals surface area contributed by atoms with Crippen molar-refractivity contribution >= 4 is 5.97 Å². The van der Waals surface area contributed by atoms with Crippen LogP contribution < -0.4 is 4.74 Å².